The van der Waals surface area contributed by atoms with Crippen molar-refractivity contribution in [2.45, 2.75) is 38.5 Å². The van der Waals surface area contributed by atoms with Crippen molar-refractivity contribution < 1.29 is 0 Å². The van der Waals surface area contributed by atoms with Crippen molar-refractivity contribution in [3.8, 4) is 33.4 Å². The summed E-state index contributed by atoms with van der Waals surface area (Å²) in [4.78, 5) is 2.54. The fraction of sp³-hybridized carbons (Fsp3) is 0.130. The molecule has 47 heavy (non-hydrogen) atoms. The van der Waals surface area contributed by atoms with E-state index in [0.717, 1.165) is 0 Å². The number of benzene rings is 7. The van der Waals surface area contributed by atoms with Crippen LogP contribution in [-0.4, -0.2) is 0 Å². The minimum atomic E-state index is -0.146. The maximum atomic E-state index is 2.54. The van der Waals surface area contributed by atoms with Crippen LogP contribution in [0.2, 0.25) is 0 Å². The van der Waals surface area contributed by atoms with Crippen LogP contribution in [-0.2, 0) is 10.8 Å². The Hall–Kier alpha value is -5.40. The standard InChI is InChI=1S/C46H37N/c1-45(2)38-23-13-10-21-35(38)37-29-32(26-27-40(37)45)47(41-25-15-12-19-33(41)30-16-6-5-7-17-30)42-28-31-18-8-9-20-34(31)44-43(42)36-22-11-14-24-39(36)46(44,3)4/h5-29H,1-4H3. The molecular weight excluding hydrogens is 567 g/mol. The number of para-hydroxylation sites is 1. The van der Waals surface area contributed by atoms with Crippen molar-refractivity contribution in [2.75, 3.05) is 4.90 Å². The minimum absolute atomic E-state index is 0.0512. The average molecular weight is 604 g/mol. The van der Waals surface area contributed by atoms with E-state index in [4.69, 9.17) is 0 Å². The third kappa shape index (κ3) is 3.96. The SMILES string of the molecule is CC1(C)c2ccccc2-c2cc(N(c3ccccc3-c3ccccc3)c3cc4ccccc4c4c3-c3ccccc3C4(C)C)ccc21. The lowest BCUT2D eigenvalue weighted by Crippen LogP contribution is -2.17. The Balaban J connectivity index is 1.40. The summed E-state index contributed by atoms with van der Waals surface area (Å²) in [7, 11) is 0. The zero-order chi connectivity index (χ0) is 31.9. The van der Waals surface area contributed by atoms with Gasteiger partial charge in [-0.1, -0.05) is 155 Å². The molecule has 0 atom stereocenters. The number of anilines is 3. The number of nitrogens with zero attached hydrogens (tertiary/aromatic N) is 1. The van der Waals surface area contributed by atoms with Crippen molar-refractivity contribution in [2.24, 2.45) is 0 Å². The van der Waals surface area contributed by atoms with Crippen LogP contribution in [0, 0.1) is 0 Å². The van der Waals surface area contributed by atoms with Gasteiger partial charge in [-0.05, 0) is 79.5 Å². The first-order valence-electron chi connectivity index (χ1n) is 16.7. The molecule has 9 rings (SSSR count). The van der Waals surface area contributed by atoms with Gasteiger partial charge in [-0.2, -0.15) is 0 Å². The highest BCUT2D eigenvalue weighted by Crippen LogP contribution is 2.58. The molecule has 7 aromatic rings. The molecule has 1 heteroatoms. The molecule has 2 aliphatic rings. The highest BCUT2D eigenvalue weighted by Gasteiger charge is 2.40. The topological polar surface area (TPSA) is 3.24 Å². The van der Waals surface area contributed by atoms with Crippen LogP contribution in [0.4, 0.5) is 17.1 Å². The molecule has 0 radical (unpaired) electrons. The van der Waals surface area contributed by atoms with E-state index in [1.807, 2.05) is 0 Å². The number of hydrogen-bond donors (Lipinski definition) is 0. The first-order chi connectivity index (χ1) is 22.9. The van der Waals surface area contributed by atoms with Crippen LogP contribution in [0.3, 0.4) is 0 Å². The molecule has 0 aromatic heterocycles. The molecule has 0 saturated heterocycles. The molecule has 0 bridgehead atoms. The van der Waals surface area contributed by atoms with Gasteiger partial charge in [0.15, 0.2) is 0 Å². The van der Waals surface area contributed by atoms with E-state index in [-0.39, 0.29) is 10.8 Å². The third-order valence-corrected chi connectivity index (χ3v) is 10.8. The zero-order valence-electron chi connectivity index (χ0n) is 27.4. The Morgan fingerprint density at radius 2 is 1.02 bits per heavy atom. The van der Waals surface area contributed by atoms with E-state index in [2.05, 4.69) is 184 Å². The maximum Gasteiger partial charge on any atom is 0.0549 e. The highest BCUT2D eigenvalue weighted by atomic mass is 15.1. The summed E-state index contributed by atoms with van der Waals surface area (Å²) in [6, 6.07) is 56.2. The molecule has 0 amide bonds. The van der Waals surface area contributed by atoms with Gasteiger partial charge in [0, 0.05) is 27.6 Å². The molecule has 226 valence electrons. The monoisotopic (exact) mass is 603 g/mol. The van der Waals surface area contributed by atoms with Gasteiger partial charge in [0.1, 0.15) is 0 Å². The predicted octanol–water partition coefficient (Wildman–Crippen LogP) is 12.6. The summed E-state index contributed by atoms with van der Waals surface area (Å²) in [5, 5.41) is 2.59. The number of hydrogen-bond acceptors (Lipinski definition) is 1. The smallest absolute Gasteiger partial charge is 0.0549 e. The van der Waals surface area contributed by atoms with Gasteiger partial charge in [0.25, 0.3) is 0 Å². The molecule has 0 unspecified atom stereocenters. The van der Waals surface area contributed by atoms with E-state index >= 15 is 0 Å². The largest absolute Gasteiger partial charge is 0.309 e. The number of fused-ring (bicyclic) bond motifs is 8. The summed E-state index contributed by atoms with van der Waals surface area (Å²) in [5.41, 5.74) is 16.6. The second kappa shape index (κ2) is 10.0. The molecule has 7 aromatic carbocycles. The van der Waals surface area contributed by atoms with Crippen molar-refractivity contribution in [1.82, 2.24) is 0 Å². The summed E-state index contributed by atoms with van der Waals surface area (Å²) in [6.07, 6.45) is 0. The molecule has 0 fully saturated rings. The molecule has 0 heterocycles. The molecule has 1 nitrogen and oxygen atoms in total. The normalized spacial score (nSPS) is 14.7. The maximum absolute atomic E-state index is 2.54. The zero-order valence-corrected chi connectivity index (χ0v) is 27.4. The summed E-state index contributed by atoms with van der Waals surface area (Å²) in [6.45, 7) is 9.50. The highest BCUT2D eigenvalue weighted by molar-refractivity contribution is 6.07. The summed E-state index contributed by atoms with van der Waals surface area (Å²) in [5.74, 6) is 0. The van der Waals surface area contributed by atoms with E-state index in [9.17, 15) is 0 Å². The van der Waals surface area contributed by atoms with Gasteiger partial charge in [-0.3, -0.25) is 0 Å². The van der Waals surface area contributed by atoms with Gasteiger partial charge >= 0.3 is 0 Å². The van der Waals surface area contributed by atoms with Gasteiger partial charge in [-0.15, -0.1) is 0 Å². The second-order valence-electron chi connectivity index (χ2n) is 14.2. The fourth-order valence-electron chi connectivity index (χ4n) is 8.60. The Morgan fingerprint density at radius 1 is 0.426 bits per heavy atom. The fourth-order valence-corrected chi connectivity index (χ4v) is 8.60. The van der Waals surface area contributed by atoms with Gasteiger partial charge in [0.05, 0.1) is 11.4 Å². The molecule has 0 spiro atoms. The van der Waals surface area contributed by atoms with Crippen molar-refractivity contribution in [1.29, 1.82) is 0 Å². The third-order valence-electron chi connectivity index (χ3n) is 10.8. The van der Waals surface area contributed by atoms with Gasteiger partial charge in [0.2, 0.25) is 0 Å². The second-order valence-corrected chi connectivity index (χ2v) is 14.2. The Labute approximate surface area is 277 Å². The van der Waals surface area contributed by atoms with Crippen LogP contribution < -0.4 is 4.90 Å². The first kappa shape index (κ1) is 27.9. The summed E-state index contributed by atoms with van der Waals surface area (Å²) >= 11 is 0. The lowest BCUT2D eigenvalue weighted by Gasteiger charge is -2.32. The van der Waals surface area contributed by atoms with Crippen LogP contribution in [0.25, 0.3) is 44.2 Å². The van der Waals surface area contributed by atoms with Crippen LogP contribution >= 0.6 is 0 Å². The molecule has 0 saturated carbocycles. The number of rotatable bonds is 4. The first-order valence-corrected chi connectivity index (χ1v) is 16.7. The molecule has 2 aliphatic carbocycles. The van der Waals surface area contributed by atoms with E-state index in [1.54, 1.807) is 0 Å². The van der Waals surface area contributed by atoms with Crippen molar-refractivity contribution in [3.63, 3.8) is 0 Å². The predicted molar refractivity (Wildman–Crippen MR) is 199 cm³/mol. The Kier molecular flexibility index (Phi) is 5.96. The van der Waals surface area contributed by atoms with Crippen molar-refractivity contribution in [3.05, 3.63) is 174 Å². The summed E-state index contributed by atoms with van der Waals surface area (Å²) < 4.78 is 0. The quantitative estimate of drug-likeness (QED) is 0.193. The van der Waals surface area contributed by atoms with Gasteiger partial charge < -0.3 is 4.90 Å². The molecule has 0 N–H and O–H groups in total. The van der Waals surface area contributed by atoms with E-state index < -0.39 is 0 Å². The molecular formula is C46H37N. The van der Waals surface area contributed by atoms with E-state index in [0.29, 0.717) is 0 Å². The Bertz CT molecular complexity index is 2360. The van der Waals surface area contributed by atoms with Crippen molar-refractivity contribution >= 4 is 27.8 Å². The lowest BCUT2D eigenvalue weighted by molar-refractivity contribution is 0.660. The van der Waals surface area contributed by atoms with E-state index in [1.165, 1.54) is 83.5 Å². The molecule has 0 aliphatic heterocycles. The lowest BCUT2D eigenvalue weighted by atomic mass is 9.80. The van der Waals surface area contributed by atoms with Crippen LogP contribution in [0.15, 0.2) is 152 Å². The van der Waals surface area contributed by atoms with Crippen LogP contribution in [0.5, 0.6) is 0 Å². The minimum Gasteiger partial charge on any atom is -0.309 e. The average Bonchev–Trinajstić information content (AvgIpc) is 3.49. The Morgan fingerprint density at radius 3 is 1.81 bits per heavy atom. The van der Waals surface area contributed by atoms with Gasteiger partial charge in [-0.25, -0.2) is 0 Å². The van der Waals surface area contributed by atoms with Crippen LogP contribution in [0.1, 0.15) is 49.9 Å².